The molecule has 5 rings (SSSR count). The first-order valence-corrected chi connectivity index (χ1v) is 11.6. The van der Waals surface area contributed by atoms with Crippen LogP contribution in [0.4, 0.5) is 11.4 Å². The second kappa shape index (κ2) is 7.38. The van der Waals surface area contributed by atoms with Crippen LogP contribution in [-0.4, -0.2) is 46.1 Å². The van der Waals surface area contributed by atoms with E-state index in [2.05, 4.69) is 31.7 Å². The van der Waals surface area contributed by atoms with Crippen molar-refractivity contribution in [2.75, 3.05) is 22.7 Å². The highest BCUT2D eigenvalue weighted by Crippen LogP contribution is 2.26. The van der Waals surface area contributed by atoms with E-state index in [0.29, 0.717) is 22.9 Å². The average molecular weight is 438 g/mol. The van der Waals surface area contributed by atoms with E-state index in [0.717, 1.165) is 30.6 Å². The molecule has 31 heavy (non-hydrogen) atoms. The molecule has 0 aliphatic carbocycles. The minimum atomic E-state index is -3.83. The maximum absolute atomic E-state index is 13.0. The number of aromatic nitrogens is 5. The van der Waals surface area contributed by atoms with Crippen LogP contribution in [0.3, 0.4) is 0 Å². The molecule has 0 unspecified atom stereocenters. The predicted octanol–water partition coefficient (Wildman–Crippen LogP) is 2.80. The summed E-state index contributed by atoms with van der Waals surface area (Å²) in [5.74, 6) is 1.24. The van der Waals surface area contributed by atoms with Crippen LogP contribution in [-0.2, 0) is 17.1 Å². The minimum absolute atomic E-state index is 0.0636. The Balaban J connectivity index is 1.43. The number of nitrogens with one attached hydrogen (secondary N) is 1. The Morgan fingerprint density at radius 3 is 2.84 bits per heavy atom. The molecular formula is C21H23N7O2S. The lowest BCUT2D eigenvalue weighted by atomic mass is 10.2. The molecule has 1 aromatic carbocycles. The largest absolute Gasteiger partial charge is 0.371 e. The summed E-state index contributed by atoms with van der Waals surface area (Å²) < 4.78 is 31.8. The quantitative estimate of drug-likeness (QED) is 0.516. The SMILES string of the molecule is C[C@@H]1CCN(c2ccnc(-n3cc(S(=O)(=O)Nc4cccc5cnn(C)c45)cn3)c2)C1. The lowest BCUT2D eigenvalue weighted by molar-refractivity contribution is 0.601. The van der Waals surface area contributed by atoms with E-state index in [1.54, 1.807) is 36.3 Å². The summed E-state index contributed by atoms with van der Waals surface area (Å²) in [6.45, 7) is 4.25. The highest BCUT2D eigenvalue weighted by molar-refractivity contribution is 7.92. The second-order valence-corrected chi connectivity index (χ2v) is 9.63. The molecule has 1 aliphatic rings. The number of sulfonamides is 1. The van der Waals surface area contributed by atoms with Crippen molar-refractivity contribution in [2.24, 2.45) is 13.0 Å². The highest BCUT2D eigenvalue weighted by Gasteiger charge is 2.21. The fourth-order valence-electron chi connectivity index (χ4n) is 3.99. The molecule has 1 saturated heterocycles. The van der Waals surface area contributed by atoms with Gasteiger partial charge in [0.05, 0.1) is 29.8 Å². The van der Waals surface area contributed by atoms with Gasteiger partial charge in [-0.2, -0.15) is 10.2 Å². The maximum Gasteiger partial charge on any atom is 0.265 e. The van der Waals surface area contributed by atoms with Gasteiger partial charge < -0.3 is 4.90 Å². The van der Waals surface area contributed by atoms with Crippen molar-refractivity contribution in [3.05, 3.63) is 55.1 Å². The predicted molar refractivity (Wildman–Crippen MR) is 119 cm³/mol. The molecule has 0 spiro atoms. The Bertz CT molecular complexity index is 1360. The van der Waals surface area contributed by atoms with Crippen LogP contribution in [0.15, 0.2) is 60.0 Å². The third-order valence-electron chi connectivity index (χ3n) is 5.63. The highest BCUT2D eigenvalue weighted by atomic mass is 32.2. The van der Waals surface area contributed by atoms with Crippen molar-refractivity contribution in [1.29, 1.82) is 0 Å². The lowest BCUT2D eigenvalue weighted by Gasteiger charge is -2.18. The first-order chi connectivity index (χ1) is 14.9. The van der Waals surface area contributed by atoms with E-state index in [1.807, 2.05) is 18.2 Å². The van der Waals surface area contributed by atoms with Crippen LogP contribution < -0.4 is 9.62 Å². The summed E-state index contributed by atoms with van der Waals surface area (Å²) in [6, 6.07) is 9.30. The number of benzene rings is 1. The van der Waals surface area contributed by atoms with Gasteiger partial charge >= 0.3 is 0 Å². The summed E-state index contributed by atoms with van der Waals surface area (Å²) >= 11 is 0. The van der Waals surface area contributed by atoms with Gasteiger partial charge in [-0.05, 0) is 24.5 Å². The number of hydrogen-bond acceptors (Lipinski definition) is 6. The Morgan fingerprint density at radius 2 is 2.03 bits per heavy atom. The van der Waals surface area contributed by atoms with Gasteiger partial charge in [-0.3, -0.25) is 9.40 Å². The Kier molecular flexibility index (Phi) is 4.66. The zero-order valence-corrected chi connectivity index (χ0v) is 18.1. The molecule has 4 aromatic rings. The average Bonchev–Trinajstić information content (AvgIpc) is 3.49. The zero-order valence-electron chi connectivity index (χ0n) is 17.3. The molecule has 1 aliphatic heterocycles. The molecule has 0 amide bonds. The molecule has 1 N–H and O–H groups in total. The normalized spacial score (nSPS) is 16.8. The summed E-state index contributed by atoms with van der Waals surface area (Å²) in [4.78, 5) is 6.75. The molecule has 160 valence electrons. The topological polar surface area (TPSA) is 97.9 Å². The fraction of sp³-hybridized carbons (Fsp3) is 0.286. The van der Waals surface area contributed by atoms with Crippen LogP contribution in [0.25, 0.3) is 16.7 Å². The van der Waals surface area contributed by atoms with Gasteiger partial charge in [-0.1, -0.05) is 19.1 Å². The van der Waals surface area contributed by atoms with Crippen LogP contribution in [0.1, 0.15) is 13.3 Å². The van der Waals surface area contributed by atoms with Crippen molar-refractivity contribution in [3.8, 4) is 5.82 Å². The van der Waals surface area contributed by atoms with Crippen LogP contribution in [0.2, 0.25) is 0 Å². The van der Waals surface area contributed by atoms with E-state index in [9.17, 15) is 8.42 Å². The molecule has 10 heteroatoms. The first-order valence-electron chi connectivity index (χ1n) is 10.1. The first kappa shape index (κ1) is 19.6. The van der Waals surface area contributed by atoms with Crippen LogP contribution in [0, 0.1) is 5.92 Å². The monoisotopic (exact) mass is 437 g/mol. The third-order valence-corrected chi connectivity index (χ3v) is 6.95. The standard InChI is InChI=1S/C21H23N7O2S/c1-15-7-9-27(13-15)17-6-8-22-20(10-17)28-14-18(12-24-28)31(29,30)25-19-5-3-4-16-11-23-26(2)21(16)19/h3-6,8,10-12,14-15,25H,7,9,13H2,1-2H3/t15-/m1/s1. The number of rotatable bonds is 5. The number of aryl methyl sites for hydroxylation is 1. The van der Waals surface area contributed by atoms with Crippen LogP contribution in [0.5, 0.6) is 0 Å². The third kappa shape index (κ3) is 3.63. The number of fused-ring (bicyclic) bond motifs is 1. The summed E-state index contributed by atoms with van der Waals surface area (Å²) in [7, 11) is -2.06. The van der Waals surface area contributed by atoms with Gasteiger partial charge in [0, 0.05) is 43.5 Å². The van der Waals surface area contributed by atoms with E-state index >= 15 is 0 Å². The molecular weight excluding hydrogens is 414 g/mol. The van der Waals surface area contributed by atoms with Gasteiger partial charge in [0.25, 0.3) is 10.0 Å². The molecule has 9 nitrogen and oxygen atoms in total. The summed E-state index contributed by atoms with van der Waals surface area (Å²) in [5, 5.41) is 9.30. The van der Waals surface area contributed by atoms with E-state index in [-0.39, 0.29) is 4.90 Å². The molecule has 3 aromatic heterocycles. The fourth-order valence-corrected chi connectivity index (χ4v) is 4.99. The Hall–Kier alpha value is -3.40. The van der Waals surface area contributed by atoms with E-state index in [4.69, 9.17) is 0 Å². The minimum Gasteiger partial charge on any atom is -0.371 e. The van der Waals surface area contributed by atoms with Crippen LogP contribution >= 0.6 is 0 Å². The molecule has 0 bridgehead atoms. The Labute approximate surface area is 180 Å². The molecule has 4 heterocycles. The maximum atomic E-state index is 13.0. The van der Waals surface area contributed by atoms with Gasteiger partial charge in [0.15, 0.2) is 5.82 Å². The number of hydrogen-bond donors (Lipinski definition) is 1. The molecule has 1 atom stereocenters. The van der Waals surface area contributed by atoms with Crippen molar-refractivity contribution in [3.63, 3.8) is 0 Å². The Morgan fingerprint density at radius 1 is 1.16 bits per heavy atom. The second-order valence-electron chi connectivity index (χ2n) is 7.95. The van der Waals surface area contributed by atoms with Crippen molar-refractivity contribution in [2.45, 2.75) is 18.2 Å². The van der Waals surface area contributed by atoms with E-state index in [1.165, 1.54) is 17.1 Å². The number of pyridine rings is 1. The number of para-hydroxylation sites is 1. The molecule has 1 fully saturated rings. The van der Waals surface area contributed by atoms with Gasteiger partial charge in [0.2, 0.25) is 0 Å². The van der Waals surface area contributed by atoms with Gasteiger partial charge in [-0.25, -0.2) is 18.1 Å². The van der Waals surface area contributed by atoms with Crippen molar-refractivity contribution < 1.29 is 8.42 Å². The summed E-state index contributed by atoms with van der Waals surface area (Å²) in [6.07, 6.45) is 7.40. The van der Waals surface area contributed by atoms with Gasteiger partial charge in [-0.15, -0.1) is 0 Å². The smallest absolute Gasteiger partial charge is 0.265 e. The van der Waals surface area contributed by atoms with E-state index < -0.39 is 10.0 Å². The number of nitrogens with zero attached hydrogens (tertiary/aromatic N) is 6. The number of anilines is 2. The van der Waals surface area contributed by atoms with Crippen molar-refractivity contribution in [1.82, 2.24) is 24.5 Å². The lowest BCUT2D eigenvalue weighted by Crippen LogP contribution is -2.19. The molecule has 0 saturated carbocycles. The van der Waals surface area contributed by atoms with Gasteiger partial charge in [0.1, 0.15) is 4.90 Å². The van der Waals surface area contributed by atoms with Crippen molar-refractivity contribution >= 4 is 32.3 Å². The molecule has 0 radical (unpaired) electrons. The zero-order chi connectivity index (χ0) is 21.6. The summed E-state index contributed by atoms with van der Waals surface area (Å²) in [5.41, 5.74) is 2.25.